The van der Waals surface area contributed by atoms with Crippen LogP contribution in [0.5, 0.6) is 0 Å². The zero-order valence-corrected chi connectivity index (χ0v) is 23.7. The fourth-order valence-corrected chi connectivity index (χ4v) is 3.80. The van der Waals surface area contributed by atoms with Crippen molar-refractivity contribution < 1.29 is 29.1 Å². The van der Waals surface area contributed by atoms with Crippen LogP contribution in [0.15, 0.2) is 9.98 Å². The Labute approximate surface area is 228 Å². The molecule has 0 radical (unpaired) electrons. The first-order chi connectivity index (χ1) is 17.9. The molecule has 16 heteroatoms. The van der Waals surface area contributed by atoms with Gasteiger partial charge in [-0.2, -0.15) is 0 Å². The number of nitrogens with zero attached hydrogens (tertiary/aromatic N) is 4. The number of nitrogens with two attached hydrogens (primary N) is 2. The molecule has 0 fully saturated rings. The third kappa shape index (κ3) is 20.0. The Morgan fingerprint density at radius 3 is 1.38 bits per heavy atom. The molecule has 0 aliphatic carbocycles. The van der Waals surface area contributed by atoms with Crippen LogP contribution in [0.1, 0.15) is 80.1 Å². The maximum atomic E-state index is 12.8. The minimum atomic E-state index is -0.813. The molecule has 0 aromatic carbocycles. The fraction of sp³-hybridized carbons (Fsp3) is 0.826. The van der Waals surface area contributed by atoms with E-state index < -0.39 is 40.6 Å². The molecule has 0 spiro atoms. The molecule has 0 aromatic rings. The summed E-state index contributed by atoms with van der Waals surface area (Å²) >= 11 is 0. The zero-order chi connectivity index (χ0) is 30.2. The normalized spacial score (nSPS) is 14.2. The molecular weight excluding hydrogens is 516 g/mol. The number of nitro groups is 2. The van der Waals surface area contributed by atoms with E-state index in [-0.39, 0.29) is 35.8 Å². The summed E-state index contributed by atoms with van der Waals surface area (Å²) in [4.78, 5) is 54.0. The summed E-state index contributed by atoms with van der Waals surface area (Å²) in [6, 6.07) is 0. The van der Waals surface area contributed by atoms with Crippen LogP contribution in [0.4, 0.5) is 0 Å². The van der Waals surface area contributed by atoms with Crippen LogP contribution in [-0.2, 0) is 19.1 Å². The Morgan fingerprint density at radius 2 is 1.10 bits per heavy atom. The number of hydrogen-bond donors (Lipinski definition) is 4. The first-order valence-corrected chi connectivity index (χ1v) is 12.6. The summed E-state index contributed by atoms with van der Waals surface area (Å²) in [6.07, 6.45) is 2.70. The van der Waals surface area contributed by atoms with Crippen molar-refractivity contribution in [1.29, 1.82) is 0 Å². The van der Waals surface area contributed by atoms with Gasteiger partial charge < -0.3 is 20.9 Å². The number of ether oxygens (including phenoxy) is 2. The largest absolute Gasteiger partial charge is 0.428 e. The highest BCUT2D eigenvalue weighted by molar-refractivity contribution is 5.77. The van der Waals surface area contributed by atoms with E-state index in [2.05, 4.69) is 9.98 Å². The second-order valence-corrected chi connectivity index (χ2v) is 11.5. The minimum Gasteiger partial charge on any atom is -0.428 e. The van der Waals surface area contributed by atoms with Gasteiger partial charge in [-0.3, -0.25) is 9.59 Å². The lowest BCUT2D eigenvalue weighted by molar-refractivity contribution is -0.525. The smallest absolute Gasteiger partial charge is 0.311 e. The summed E-state index contributed by atoms with van der Waals surface area (Å²) < 4.78 is 10.5. The summed E-state index contributed by atoms with van der Waals surface area (Å²) in [5, 5.41) is 19.1. The van der Waals surface area contributed by atoms with Gasteiger partial charge in [-0.05, 0) is 49.4 Å². The van der Waals surface area contributed by atoms with E-state index in [1.807, 2.05) is 41.5 Å². The van der Waals surface area contributed by atoms with E-state index in [1.54, 1.807) is 10.9 Å². The van der Waals surface area contributed by atoms with E-state index in [1.165, 1.54) is 0 Å². The highest BCUT2D eigenvalue weighted by Crippen LogP contribution is 2.29. The van der Waals surface area contributed by atoms with Gasteiger partial charge in [0.1, 0.15) is 0 Å². The molecule has 0 rings (SSSR count). The molecule has 224 valence electrons. The van der Waals surface area contributed by atoms with Crippen molar-refractivity contribution in [3.05, 3.63) is 20.2 Å². The van der Waals surface area contributed by atoms with Gasteiger partial charge in [0, 0.05) is 13.1 Å². The lowest BCUT2D eigenvalue weighted by atomic mass is 9.82. The number of esters is 2. The quantitative estimate of drug-likeness (QED) is 0.0402. The number of aliphatic imine (C=N–C) groups is 2. The molecule has 2 unspecified atom stereocenters. The lowest BCUT2D eigenvalue weighted by Gasteiger charge is -2.26. The molecule has 39 heavy (non-hydrogen) atoms. The first kappa shape index (κ1) is 35.3. The maximum absolute atomic E-state index is 12.8. The van der Waals surface area contributed by atoms with Gasteiger partial charge in [-0.25, -0.2) is 30.2 Å². The Kier molecular flexibility index (Phi) is 15.4. The van der Waals surface area contributed by atoms with E-state index in [9.17, 15) is 29.8 Å². The number of hydrazine groups is 2. The van der Waals surface area contributed by atoms with Crippen molar-refractivity contribution in [2.75, 3.05) is 19.9 Å². The summed E-state index contributed by atoms with van der Waals surface area (Å²) in [6.45, 7) is 11.7. The highest BCUT2D eigenvalue weighted by atomic mass is 16.7. The second-order valence-electron chi connectivity index (χ2n) is 11.5. The average Bonchev–Trinajstić information content (AvgIpc) is 2.75. The Morgan fingerprint density at radius 1 is 0.769 bits per heavy atom. The minimum absolute atomic E-state index is 0.182. The Balaban J connectivity index is 4.96. The third-order valence-electron chi connectivity index (χ3n) is 5.18. The maximum Gasteiger partial charge on any atom is 0.311 e. The van der Waals surface area contributed by atoms with Gasteiger partial charge in [-0.15, -0.1) is 0 Å². The molecule has 0 heterocycles. The number of nitrogens with one attached hydrogen (secondary N) is 2. The van der Waals surface area contributed by atoms with E-state index in [4.69, 9.17) is 20.9 Å². The first-order valence-electron chi connectivity index (χ1n) is 12.6. The molecule has 0 saturated heterocycles. The number of carbonyl (C=O) groups excluding carboxylic acids is 2. The van der Waals surface area contributed by atoms with Crippen LogP contribution in [-0.4, -0.2) is 53.8 Å². The Hall–Kier alpha value is -3.72. The van der Waals surface area contributed by atoms with Crippen LogP contribution in [0.3, 0.4) is 0 Å². The Bertz CT molecular complexity index is 810. The molecule has 0 amide bonds. The van der Waals surface area contributed by atoms with Crippen LogP contribution in [0, 0.1) is 42.9 Å². The molecule has 0 bridgehead atoms. The van der Waals surface area contributed by atoms with Crippen molar-refractivity contribution in [1.82, 2.24) is 10.9 Å². The van der Waals surface area contributed by atoms with Crippen molar-refractivity contribution in [2.24, 2.45) is 44.1 Å². The highest BCUT2D eigenvalue weighted by Gasteiger charge is 2.28. The van der Waals surface area contributed by atoms with Crippen molar-refractivity contribution in [3.8, 4) is 0 Å². The standard InChI is InChI=1S/C23H44N8O8/c1-22(2,3)13-16(9-7-11-26-20(24)28-30(34)35)18(32)38-15-39-19(33)17(14-23(4,5)6)10-8-12-27-21(25)29-31(36)37/h16-17H,7-15H2,1-6H3,(H3,24,26,28)(H3,25,27,29). The van der Waals surface area contributed by atoms with E-state index in [0.717, 1.165) is 0 Å². The van der Waals surface area contributed by atoms with Crippen LogP contribution >= 0.6 is 0 Å². The van der Waals surface area contributed by atoms with Gasteiger partial charge in [-0.1, -0.05) is 52.4 Å². The zero-order valence-electron chi connectivity index (χ0n) is 23.7. The topological polar surface area (TPSA) is 240 Å². The van der Waals surface area contributed by atoms with Gasteiger partial charge >= 0.3 is 11.9 Å². The van der Waals surface area contributed by atoms with Gasteiger partial charge in [0.2, 0.25) is 6.79 Å². The average molecular weight is 561 g/mol. The predicted molar refractivity (Wildman–Crippen MR) is 144 cm³/mol. The molecule has 2 atom stereocenters. The summed E-state index contributed by atoms with van der Waals surface area (Å²) in [7, 11) is 0. The SMILES string of the molecule is CC(C)(C)CC(CCCN=C(N)N[N+](=O)[O-])C(=O)OCOC(=O)C(CCCN=C(N)N[N+](=O)[O-])CC(C)(C)C. The number of hydrogen-bond acceptors (Lipinski definition) is 10. The number of carbonyl (C=O) groups is 2. The van der Waals surface area contributed by atoms with Crippen molar-refractivity contribution in [2.45, 2.75) is 80.1 Å². The fourth-order valence-electron chi connectivity index (χ4n) is 3.80. The number of rotatable bonds is 16. The van der Waals surface area contributed by atoms with Crippen molar-refractivity contribution >= 4 is 23.9 Å². The predicted octanol–water partition coefficient (Wildman–Crippen LogP) is 1.89. The number of guanidine groups is 2. The lowest BCUT2D eigenvalue weighted by Crippen LogP contribution is -2.36. The van der Waals surface area contributed by atoms with Crippen LogP contribution in [0.2, 0.25) is 0 Å². The molecule has 0 aliphatic rings. The van der Waals surface area contributed by atoms with E-state index in [0.29, 0.717) is 38.5 Å². The van der Waals surface area contributed by atoms with E-state index >= 15 is 0 Å². The molecular formula is C23H44N8O8. The van der Waals surface area contributed by atoms with Crippen molar-refractivity contribution in [3.63, 3.8) is 0 Å². The van der Waals surface area contributed by atoms with Gasteiger partial charge in [0.25, 0.3) is 11.9 Å². The summed E-state index contributed by atoms with van der Waals surface area (Å²) in [5.74, 6) is -2.68. The molecule has 0 aliphatic heterocycles. The van der Waals surface area contributed by atoms with Crippen LogP contribution < -0.4 is 22.3 Å². The summed E-state index contributed by atoms with van der Waals surface area (Å²) in [5.41, 5.74) is 13.9. The second kappa shape index (κ2) is 17.0. The molecule has 0 aromatic heterocycles. The van der Waals surface area contributed by atoms with Crippen LogP contribution in [0.25, 0.3) is 0 Å². The molecule has 16 nitrogen and oxygen atoms in total. The molecule has 0 saturated carbocycles. The van der Waals surface area contributed by atoms with Gasteiger partial charge in [0.15, 0.2) is 10.1 Å². The molecule has 6 N–H and O–H groups in total. The third-order valence-corrected chi connectivity index (χ3v) is 5.18. The monoisotopic (exact) mass is 560 g/mol. The van der Waals surface area contributed by atoms with Gasteiger partial charge in [0.05, 0.1) is 11.8 Å².